The number of hydrogen-bond acceptors (Lipinski definition) is 8. The largest absolute Gasteiger partial charge is 0.354 e. The van der Waals surface area contributed by atoms with Crippen LogP contribution in [-0.4, -0.2) is 84.1 Å². The fraction of sp³-hybridized carbons (Fsp3) is 0.850. The van der Waals surface area contributed by atoms with E-state index in [2.05, 4.69) is 79.7 Å². The van der Waals surface area contributed by atoms with Crippen molar-refractivity contribution < 1.29 is 19.2 Å². The van der Waals surface area contributed by atoms with Crippen molar-refractivity contribution in [1.82, 2.24) is 21.3 Å². The lowest BCUT2D eigenvalue weighted by atomic mass is 9.84. The average Bonchev–Trinajstić information content (AvgIpc) is 3.60. The van der Waals surface area contributed by atoms with Gasteiger partial charge in [-0.05, 0) is 98.8 Å². The number of hydrogen-bond donors (Lipinski definition) is 4. The molecule has 2 rings (SSSR count). The minimum atomic E-state index is -0.353. The fourth-order valence-corrected chi connectivity index (χ4v) is 6.09. The van der Waals surface area contributed by atoms with Crippen molar-refractivity contribution in [3.63, 3.8) is 0 Å². The van der Waals surface area contributed by atoms with Gasteiger partial charge in [0.15, 0.2) is 11.6 Å². The summed E-state index contributed by atoms with van der Waals surface area (Å²) in [5, 5.41) is 12.9. The number of rotatable bonds is 16. The molecule has 2 aliphatic heterocycles. The van der Waals surface area contributed by atoms with E-state index in [0.717, 1.165) is 57.9 Å². The van der Waals surface area contributed by atoms with Gasteiger partial charge in [0.1, 0.15) is 11.8 Å². The molecule has 2 amide bonds. The summed E-state index contributed by atoms with van der Waals surface area (Å²) >= 11 is 0. The maximum atomic E-state index is 12.7. The summed E-state index contributed by atoms with van der Waals surface area (Å²) in [4.78, 5) is 58.0. The highest BCUT2D eigenvalue weighted by molar-refractivity contribution is 6.40. The molecule has 0 fully saturated rings. The number of nitrogens with one attached hydrogen (secondary N) is 4. The van der Waals surface area contributed by atoms with Crippen molar-refractivity contribution in [1.29, 1.82) is 0 Å². The smallest absolute Gasteiger partial charge is 0.265 e. The molecule has 0 aromatic carbocycles. The molecule has 2 heterocycles. The molecule has 0 saturated carbocycles. The van der Waals surface area contributed by atoms with Crippen molar-refractivity contribution in [2.45, 2.75) is 178 Å². The monoisotopic (exact) mass is 703 g/mol. The molecule has 4 N–H and O–H groups in total. The maximum Gasteiger partial charge on any atom is 0.265 e. The zero-order valence-electron chi connectivity index (χ0n) is 34.3. The molecule has 5 atom stereocenters. The minimum Gasteiger partial charge on any atom is -0.354 e. The minimum absolute atomic E-state index is 0.0244. The Kier molecular flexibility index (Phi) is 18.2. The van der Waals surface area contributed by atoms with E-state index in [1.165, 1.54) is 0 Å². The molecule has 0 bridgehead atoms. The van der Waals surface area contributed by atoms with Crippen molar-refractivity contribution in [3.8, 4) is 0 Å². The van der Waals surface area contributed by atoms with Crippen molar-refractivity contribution in [3.05, 3.63) is 0 Å². The van der Waals surface area contributed by atoms with Gasteiger partial charge in [0.2, 0.25) is 5.91 Å². The number of aliphatic imine (C=N–C) groups is 2. The van der Waals surface area contributed by atoms with Gasteiger partial charge in [-0.3, -0.25) is 29.2 Å². The number of carbonyl (C=O) groups is 4. The Morgan fingerprint density at radius 3 is 1.54 bits per heavy atom. The molecular weight excluding hydrogens is 628 g/mol. The summed E-state index contributed by atoms with van der Waals surface area (Å²) < 4.78 is 0. The summed E-state index contributed by atoms with van der Waals surface area (Å²) in [7, 11) is 0. The highest BCUT2D eigenvalue weighted by Crippen LogP contribution is 2.23. The summed E-state index contributed by atoms with van der Waals surface area (Å²) in [6.07, 6.45) is 8.82. The van der Waals surface area contributed by atoms with Crippen LogP contribution < -0.4 is 21.3 Å². The van der Waals surface area contributed by atoms with E-state index in [0.29, 0.717) is 24.7 Å². The molecule has 288 valence electrons. The number of carbonyl (C=O) groups excluding carboxylic acids is 4. The first-order chi connectivity index (χ1) is 22.8. The van der Waals surface area contributed by atoms with Crippen LogP contribution in [-0.2, 0) is 19.2 Å². The van der Waals surface area contributed by atoms with Crippen molar-refractivity contribution >= 4 is 35.3 Å². The Labute approximate surface area is 305 Å². The van der Waals surface area contributed by atoms with E-state index in [9.17, 15) is 19.2 Å². The summed E-state index contributed by atoms with van der Waals surface area (Å²) in [6, 6.07) is -0.511. The van der Waals surface area contributed by atoms with Gasteiger partial charge in [0.25, 0.3) is 5.91 Å². The lowest BCUT2D eigenvalue weighted by molar-refractivity contribution is -0.129. The highest BCUT2D eigenvalue weighted by atomic mass is 16.2. The Morgan fingerprint density at radius 1 is 0.720 bits per heavy atom. The van der Waals surface area contributed by atoms with E-state index in [4.69, 9.17) is 0 Å². The van der Waals surface area contributed by atoms with Crippen molar-refractivity contribution in [2.75, 3.05) is 19.6 Å². The van der Waals surface area contributed by atoms with E-state index < -0.39 is 0 Å². The molecule has 50 heavy (non-hydrogen) atoms. The van der Waals surface area contributed by atoms with Crippen LogP contribution in [0.2, 0.25) is 0 Å². The van der Waals surface area contributed by atoms with Crippen molar-refractivity contribution in [2.24, 2.45) is 32.7 Å². The Hall–Kier alpha value is -2.46. The first-order valence-corrected chi connectivity index (χ1v) is 19.1. The second kappa shape index (κ2) is 20.0. The Balaban J connectivity index is 0.000000500. The first kappa shape index (κ1) is 45.6. The number of nitrogens with zero attached hydrogens (tertiary/aromatic N) is 2. The van der Waals surface area contributed by atoms with E-state index >= 15 is 0 Å². The van der Waals surface area contributed by atoms with Crippen LogP contribution in [0, 0.1) is 22.7 Å². The normalized spacial score (nSPS) is 20.8. The molecule has 0 saturated heterocycles. The standard InChI is InChI=1S/2C20H37N3O2/c2*1-14-11-13-21-16(14)18(25)22-12-9-8-10-15(23-20(5,6)7)17(24)19(2,3)4/h14-15,23H,8-13H2,1-7H3,(H,22,25);13-16,23H,8-12H2,1-7H3,(H,22,25). The second-order valence-electron chi connectivity index (χ2n) is 18.6. The molecule has 10 nitrogen and oxygen atoms in total. The quantitative estimate of drug-likeness (QED) is 0.140. The van der Waals surface area contributed by atoms with Gasteiger partial charge in [0, 0.05) is 53.7 Å². The predicted octanol–water partition coefficient (Wildman–Crippen LogP) is 6.25. The lowest BCUT2D eigenvalue weighted by Crippen LogP contribution is -2.50. The van der Waals surface area contributed by atoms with Crippen LogP contribution >= 0.6 is 0 Å². The Morgan fingerprint density at radius 2 is 1.18 bits per heavy atom. The fourth-order valence-electron chi connectivity index (χ4n) is 6.09. The number of unbranched alkanes of at least 4 members (excludes halogenated alkanes) is 2. The van der Waals surface area contributed by atoms with Crippen LogP contribution in [0.3, 0.4) is 0 Å². The van der Waals surface area contributed by atoms with E-state index in [1.807, 2.05) is 54.7 Å². The van der Waals surface area contributed by atoms with Crippen LogP contribution in [0.25, 0.3) is 0 Å². The third-order valence-electron chi connectivity index (χ3n) is 8.84. The van der Waals surface area contributed by atoms with Gasteiger partial charge >= 0.3 is 0 Å². The second-order valence-corrected chi connectivity index (χ2v) is 18.6. The van der Waals surface area contributed by atoms with Crippen LogP contribution in [0.1, 0.15) is 148 Å². The van der Waals surface area contributed by atoms with Gasteiger partial charge in [-0.15, -0.1) is 0 Å². The van der Waals surface area contributed by atoms with Gasteiger partial charge in [-0.25, -0.2) is 0 Å². The lowest BCUT2D eigenvalue weighted by Gasteiger charge is -2.32. The molecule has 0 aromatic heterocycles. The highest BCUT2D eigenvalue weighted by Gasteiger charge is 2.33. The summed E-state index contributed by atoms with van der Waals surface area (Å²) in [5.74, 6) is 1.06. The van der Waals surface area contributed by atoms with Gasteiger partial charge in [-0.2, -0.15) is 0 Å². The predicted molar refractivity (Wildman–Crippen MR) is 208 cm³/mol. The third-order valence-corrected chi connectivity index (χ3v) is 8.84. The third kappa shape index (κ3) is 17.7. The molecular formula is C40H74N6O4. The van der Waals surface area contributed by atoms with Crippen LogP contribution in [0.15, 0.2) is 9.98 Å². The number of ketones is 2. The molecule has 0 aliphatic carbocycles. The van der Waals surface area contributed by atoms with Gasteiger partial charge < -0.3 is 21.3 Å². The SMILES string of the molecule is CC1CC=NC1C(=O)NCCCCC(NC(C)(C)C)C(=O)C(C)(C)C.CC1CCN=C1C(=O)NCCCCC(NC(C)(C)C)C(=O)C(C)(C)C. The molecule has 0 spiro atoms. The topological polar surface area (TPSA) is 141 Å². The number of amides is 2. The molecule has 0 radical (unpaired) electrons. The van der Waals surface area contributed by atoms with Gasteiger partial charge in [0.05, 0.1) is 12.1 Å². The summed E-state index contributed by atoms with van der Waals surface area (Å²) in [6.45, 7) is 30.5. The average molecular weight is 703 g/mol. The van der Waals surface area contributed by atoms with Crippen LogP contribution in [0.4, 0.5) is 0 Å². The van der Waals surface area contributed by atoms with E-state index in [-0.39, 0.29) is 69.3 Å². The molecule has 2 aliphatic rings. The zero-order chi connectivity index (χ0) is 38.5. The molecule has 10 heteroatoms. The Bertz CT molecular complexity index is 1170. The summed E-state index contributed by atoms with van der Waals surface area (Å²) in [5.41, 5.74) is -0.218. The van der Waals surface area contributed by atoms with Gasteiger partial charge in [-0.1, -0.05) is 55.4 Å². The molecule has 0 aromatic rings. The zero-order valence-corrected chi connectivity index (χ0v) is 34.3. The number of Topliss-reactive ketones (excluding diaryl/α,β-unsaturated/α-hetero) is 2. The molecule has 5 unspecified atom stereocenters. The van der Waals surface area contributed by atoms with Crippen LogP contribution in [0.5, 0.6) is 0 Å². The maximum absolute atomic E-state index is 12.7. The van der Waals surface area contributed by atoms with E-state index in [1.54, 1.807) is 0 Å². The first-order valence-electron chi connectivity index (χ1n) is 19.1.